The molecule has 2 heterocycles. The fourth-order valence-electron chi connectivity index (χ4n) is 4.16. The van der Waals surface area contributed by atoms with Crippen molar-refractivity contribution in [3.05, 3.63) is 0 Å². The number of methoxy groups -OCH3 is 1. The first-order valence-corrected chi connectivity index (χ1v) is 8.01. The Balaban J connectivity index is 1.72. The average molecular weight is 282 g/mol. The molecule has 0 amide bonds. The molecule has 4 nitrogen and oxygen atoms in total. The van der Waals surface area contributed by atoms with Gasteiger partial charge in [-0.3, -0.25) is 4.79 Å². The molecule has 3 fully saturated rings. The van der Waals surface area contributed by atoms with Gasteiger partial charge < -0.3 is 14.2 Å². The molecule has 2 unspecified atom stereocenters. The molecular weight excluding hydrogens is 256 g/mol. The van der Waals surface area contributed by atoms with E-state index < -0.39 is 5.60 Å². The zero-order valence-corrected chi connectivity index (χ0v) is 12.5. The lowest BCUT2D eigenvalue weighted by molar-refractivity contribution is -0.160. The van der Waals surface area contributed by atoms with E-state index in [1.165, 1.54) is 6.42 Å². The zero-order valence-electron chi connectivity index (χ0n) is 12.5. The van der Waals surface area contributed by atoms with E-state index in [0.29, 0.717) is 19.0 Å². The number of rotatable bonds is 3. The van der Waals surface area contributed by atoms with Crippen LogP contribution in [0.25, 0.3) is 0 Å². The normalized spacial score (nSPS) is 37.1. The molecule has 0 radical (unpaired) electrons. The minimum absolute atomic E-state index is 0.0866. The van der Waals surface area contributed by atoms with Crippen LogP contribution in [0, 0.1) is 5.92 Å². The second-order valence-corrected chi connectivity index (χ2v) is 6.65. The molecule has 0 aromatic carbocycles. The molecule has 4 heteroatoms. The molecule has 1 saturated carbocycles. The average Bonchev–Trinajstić information content (AvgIpc) is 2.95. The number of carbonyl (C=O) groups is 1. The van der Waals surface area contributed by atoms with E-state index in [2.05, 4.69) is 0 Å². The summed E-state index contributed by atoms with van der Waals surface area (Å²) in [4.78, 5) is 13.0. The monoisotopic (exact) mass is 282 g/mol. The Labute approximate surface area is 121 Å². The maximum atomic E-state index is 13.0. The van der Waals surface area contributed by atoms with Crippen molar-refractivity contribution < 1.29 is 19.0 Å². The van der Waals surface area contributed by atoms with Crippen LogP contribution in [0.3, 0.4) is 0 Å². The second kappa shape index (κ2) is 5.74. The molecule has 0 N–H and O–H groups in total. The number of Topliss-reactive ketones (excluding diaryl/α,β-unsaturated/α-hetero) is 1. The van der Waals surface area contributed by atoms with E-state index in [0.717, 1.165) is 51.6 Å². The van der Waals surface area contributed by atoms with Crippen LogP contribution in [-0.2, 0) is 19.0 Å². The largest absolute Gasteiger partial charge is 0.378 e. The van der Waals surface area contributed by atoms with Gasteiger partial charge in [0.25, 0.3) is 0 Å². The highest BCUT2D eigenvalue weighted by atomic mass is 16.6. The Kier molecular flexibility index (Phi) is 4.16. The van der Waals surface area contributed by atoms with Gasteiger partial charge in [0.1, 0.15) is 5.60 Å². The minimum atomic E-state index is -0.513. The summed E-state index contributed by atoms with van der Waals surface area (Å²) in [7, 11) is 1.71. The molecular formula is C16H26O4. The number of ether oxygens (including phenoxy) is 3. The zero-order chi connectivity index (χ0) is 14.1. The lowest BCUT2D eigenvalue weighted by Crippen LogP contribution is -2.50. The highest BCUT2D eigenvalue weighted by Gasteiger charge is 2.48. The fourth-order valence-corrected chi connectivity index (χ4v) is 4.16. The summed E-state index contributed by atoms with van der Waals surface area (Å²) in [6.45, 7) is 2.09. The second-order valence-electron chi connectivity index (χ2n) is 6.65. The molecule has 2 saturated heterocycles. The first kappa shape index (κ1) is 14.5. The van der Waals surface area contributed by atoms with Crippen molar-refractivity contribution in [2.75, 3.05) is 26.9 Å². The standard InChI is InChI=1S/C16H26O4/c1-18-16(6-3-2-4-7-16)14(17)13-5-9-20-15(11-13)8-10-19-12-15/h13H,2-12H2,1H3. The van der Waals surface area contributed by atoms with Crippen LogP contribution in [0.1, 0.15) is 51.4 Å². The highest BCUT2D eigenvalue weighted by Crippen LogP contribution is 2.41. The number of hydrogen-bond donors (Lipinski definition) is 0. The van der Waals surface area contributed by atoms with Crippen molar-refractivity contribution in [1.82, 2.24) is 0 Å². The third kappa shape index (κ3) is 2.53. The predicted molar refractivity (Wildman–Crippen MR) is 74.7 cm³/mol. The molecule has 1 aliphatic carbocycles. The van der Waals surface area contributed by atoms with E-state index in [9.17, 15) is 4.79 Å². The lowest BCUT2D eigenvalue weighted by atomic mass is 9.72. The maximum absolute atomic E-state index is 13.0. The summed E-state index contributed by atoms with van der Waals surface area (Å²) < 4.78 is 17.2. The van der Waals surface area contributed by atoms with Gasteiger partial charge in [0.2, 0.25) is 0 Å². The summed E-state index contributed by atoms with van der Waals surface area (Å²) in [5.74, 6) is 0.415. The molecule has 0 bridgehead atoms. The van der Waals surface area contributed by atoms with E-state index in [-0.39, 0.29) is 11.5 Å². The fraction of sp³-hybridized carbons (Fsp3) is 0.938. The lowest BCUT2D eigenvalue weighted by Gasteiger charge is -2.42. The van der Waals surface area contributed by atoms with Crippen LogP contribution in [0.2, 0.25) is 0 Å². The van der Waals surface area contributed by atoms with Crippen molar-refractivity contribution in [3.8, 4) is 0 Å². The van der Waals surface area contributed by atoms with Crippen molar-refractivity contribution in [2.24, 2.45) is 5.92 Å². The number of carbonyl (C=O) groups excluding carboxylic acids is 1. The first-order chi connectivity index (χ1) is 9.70. The Morgan fingerprint density at radius 3 is 2.60 bits per heavy atom. The SMILES string of the molecule is COC1(C(=O)C2CCOC3(CCOC3)C2)CCCCC1. The molecule has 2 aliphatic heterocycles. The molecule has 3 aliphatic rings. The van der Waals surface area contributed by atoms with Gasteiger partial charge in [0.05, 0.1) is 12.2 Å². The van der Waals surface area contributed by atoms with Crippen LogP contribution in [0.4, 0.5) is 0 Å². The van der Waals surface area contributed by atoms with Crippen LogP contribution in [0.15, 0.2) is 0 Å². The van der Waals surface area contributed by atoms with Gasteiger partial charge in [0.15, 0.2) is 5.78 Å². The Hall–Kier alpha value is -0.450. The smallest absolute Gasteiger partial charge is 0.167 e. The van der Waals surface area contributed by atoms with Crippen molar-refractivity contribution in [2.45, 2.75) is 62.6 Å². The van der Waals surface area contributed by atoms with Gasteiger partial charge in [-0.15, -0.1) is 0 Å². The molecule has 114 valence electrons. The molecule has 20 heavy (non-hydrogen) atoms. The van der Waals surface area contributed by atoms with Gasteiger partial charge in [-0.1, -0.05) is 19.3 Å². The van der Waals surface area contributed by atoms with E-state index >= 15 is 0 Å². The van der Waals surface area contributed by atoms with Gasteiger partial charge in [-0.05, 0) is 25.7 Å². The minimum Gasteiger partial charge on any atom is -0.378 e. The molecule has 3 rings (SSSR count). The molecule has 2 atom stereocenters. The van der Waals surface area contributed by atoms with Gasteiger partial charge >= 0.3 is 0 Å². The van der Waals surface area contributed by atoms with Crippen LogP contribution in [0.5, 0.6) is 0 Å². The summed E-state index contributed by atoms with van der Waals surface area (Å²) in [5.41, 5.74) is -0.705. The van der Waals surface area contributed by atoms with E-state index in [4.69, 9.17) is 14.2 Å². The molecule has 0 aromatic heterocycles. The summed E-state index contributed by atoms with van der Waals surface area (Å²) in [5, 5.41) is 0. The third-order valence-electron chi connectivity index (χ3n) is 5.43. The Bertz CT molecular complexity index is 353. The Morgan fingerprint density at radius 1 is 1.15 bits per heavy atom. The molecule has 0 aromatic rings. The quantitative estimate of drug-likeness (QED) is 0.798. The predicted octanol–water partition coefficient (Wildman–Crippen LogP) is 2.49. The summed E-state index contributed by atoms with van der Waals surface area (Å²) >= 11 is 0. The highest BCUT2D eigenvalue weighted by molar-refractivity contribution is 5.89. The summed E-state index contributed by atoms with van der Waals surface area (Å²) in [6.07, 6.45) is 7.81. The Morgan fingerprint density at radius 2 is 1.95 bits per heavy atom. The third-order valence-corrected chi connectivity index (χ3v) is 5.43. The van der Waals surface area contributed by atoms with Crippen LogP contribution >= 0.6 is 0 Å². The first-order valence-electron chi connectivity index (χ1n) is 8.01. The van der Waals surface area contributed by atoms with Gasteiger partial charge in [0, 0.05) is 32.7 Å². The van der Waals surface area contributed by atoms with Gasteiger partial charge in [-0.25, -0.2) is 0 Å². The van der Waals surface area contributed by atoms with Gasteiger partial charge in [-0.2, -0.15) is 0 Å². The van der Waals surface area contributed by atoms with Crippen LogP contribution < -0.4 is 0 Å². The maximum Gasteiger partial charge on any atom is 0.167 e. The number of hydrogen-bond acceptors (Lipinski definition) is 4. The topological polar surface area (TPSA) is 44.8 Å². The van der Waals surface area contributed by atoms with E-state index in [1.807, 2.05) is 0 Å². The van der Waals surface area contributed by atoms with Crippen molar-refractivity contribution in [1.29, 1.82) is 0 Å². The van der Waals surface area contributed by atoms with Crippen molar-refractivity contribution >= 4 is 5.78 Å². The summed E-state index contributed by atoms with van der Waals surface area (Å²) in [6, 6.07) is 0. The number of ketones is 1. The molecule has 1 spiro atoms. The van der Waals surface area contributed by atoms with Crippen molar-refractivity contribution in [3.63, 3.8) is 0 Å². The van der Waals surface area contributed by atoms with Crippen LogP contribution in [-0.4, -0.2) is 43.9 Å². The van der Waals surface area contributed by atoms with E-state index in [1.54, 1.807) is 7.11 Å².